The monoisotopic (exact) mass is 398 g/mol. The van der Waals surface area contributed by atoms with Crippen LogP contribution in [-0.2, 0) is 24.8 Å². The molecular weight excluding hydrogens is 378 g/mol. The Kier molecular flexibility index (Phi) is 4.46. The Balaban J connectivity index is 3.67. The summed E-state index contributed by atoms with van der Waals surface area (Å²) in [6, 6.07) is 0.163. The van der Waals surface area contributed by atoms with Crippen LogP contribution >= 0.6 is 11.6 Å². The van der Waals surface area contributed by atoms with Crippen LogP contribution in [0.15, 0.2) is 46.8 Å². The minimum atomic E-state index is -4.88. The maximum Gasteiger partial charge on any atom is 0.242 e. The van der Waals surface area contributed by atoms with Gasteiger partial charge in [0.05, 0.1) is 14.8 Å². The number of benzene rings is 1. The fraction of sp³-hybridized carbons (Fsp3) is 0.154. The molecule has 132 valence electrons. The third-order valence-corrected chi connectivity index (χ3v) is 5.10. The van der Waals surface area contributed by atoms with Gasteiger partial charge in [-0.2, -0.15) is 0 Å². The first kappa shape index (κ1) is 13.6. The van der Waals surface area contributed by atoms with Gasteiger partial charge in [0, 0.05) is 15.4 Å². The second-order valence-corrected chi connectivity index (χ2v) is 7.86. The minimum absolute atomic E-state index is 0.337. The molecular formula is C13H16ClN3O5S2. The lowest BCUT2D eigenvalue weighted by atomic mass is 10.3. The van der Waals surface area contributed by atoms with E-state index < -0.39 is 59.7 Å². The largest absolute Gasteiger partial charge is 0.360 e. The Bertz CT molecular complexity index is 1100. The lowest BCUT2D eigenvalue weighted by Crippen LogP contribution is -2.25. The fourth-order valence-corrected chi connectivity index (χ4v) is 3.63. The van der Waals surface area contributed by atoms with Gasteiger partial charge < -0.3 is 5.32 Å². The van der Waals surface area contributed by atoms with E-state index in [1.165, 1.54) is 11.6 Å². The number of primary sulfonamides is 1. The molecule has 0 radical (unpaired) electrons. The zero-order chi connectivity index (χ0) is 22.8. The molecule has 0 aliphatic carbocycles. The lowest BCUT2D eigenvalue weighted by molar-refractivity contribution is -0.112. The number of nitrogens with one attached hydrogen (secondary N) is 2. The van der Waals surface area contributed by atoms with Crippen molar-refractivity contribution in [1.29, 1.82) is 0 Å². The first-order chi connectivity index (χ1) is 13.0. The average molecular weight is 399 g/mol. The van der Waals surface area contributed by atoms with E-state index in [0.717, 1.165) is 18.3 Å². The molecule has 0 saturated carbocycles. The van der Waals surface area contributed by atoms with E-state index >= 15 is 0 Å². The Morgan fingerprint density at radius 1 is 1.46 bits per heavy atom. The third kappa shape index (κ3) is 5.42. The van der Waals surface area contributed by atoms with Gasteiger partial charge in [-0.25, -0.2) is 26.7 Å². The fourth-order valence-electron chi connectivity index (χ4n) is 1.48. The Morgan fingerprint density at radius 2 is 2.12 bits per heavy atom. The van der Waals surface area contributed by atoms with Crippen molar-refractivity contribution in [3.8, 4) is 0 Å². The summed E-state index contributed by atoms with van der Waals surface area (Å²) >= 11 is 5.84. The van der Waals surface area contributed by atoms with Gasteiger partial charge in [-0.05, 0) is 25.1 Å². The molecule has 24 heavy (non-hydrogen) atoms. The highest BCUT2D eigenvalue weighted by Crippen LogP contribution is 2.31. The van der Waals surface area contributed by atoms with Gasteiger partial charge in [-0.1, -0.05) is 17.7 Å². The summed E-state index contributed by atoms with van der Waals surface area (Å²) in [6.45, 7) is -3.22. The number of rotatable bonds is 8. The van der Waals surface area contributed by atoms with Gasteiger partial charge in [-0.3, -0.25) is 4.79 Å². The molecule has 0 bridgehead atoms. The van der Waals surface area contributed by atoms with Gasteiger partial charge in [0.15, 0.2) is 5.78 Å². The van der Waals surface area contributed by atoms with Gasteiger partial charge >= 0.3 is 0 Å². The molecule has 8 nitrogen and oxygen atoms in total. The molecule has 11 heteroatoms. The average Bonchev–Trinajstić information content (AvgIpc) is 2.51. The van der Waals surface area contributed by atoms with Crippen LogP contribution in [0.5, 0.6) is 0 Å². The normalized spacial score (nSPS) is 15.7. The highest BCUT2D eigenvalue weighted by molar-refractivity contribution is 7.90. The number of ketones is 1. The van der Waals surface area contributed by atoms with Gasteiger partial charge in [-0.15, -0.1) is 6.53 Å². The van der Waals surface area contributed by atoms with Crippen LogP contribution in [-0.4, -0.2) is 29.1 Å². The summed E-state index contributed by atoms with van der Waals surface area (Å²) in [5.41, 5.74) is -0.337. The number of anilines is 1. The molecule has 0 unspecified atom stereocenters. The summed E-state index contributed by atoms with van der Waals surface area (Å²) in [4.78, 5) is 9.40. The van der Waals surface area contributed by atoms with Crippen molar-refractivity contribution in [2.24, 2.45) is 5.14 Å². The van der Waals surface area contributed by atoms with Crippen LogP contribution < -0.4 is 15.2 Å². The van der Waals surface area contributed by atoms with Crippen molar-refractivity contribution in [3.05, 3.63) is 42.0 Å². The van der Waals surface area contributed by atoms with Crippen molar-refractivity contribution in [1.82, 2.24) is 4.72 Å². The number of allylic oxidation sites excluding steroid dienone is 1. The van der Waals surface area contributed by atoms with Crippen LogP contribution in [0.4, 0.5) is 5.69 Å². The molecule has 0 amide bonds. The number of carbonyl (C=O) groups excluding carboxylic acids is 1. The summed E-state index contributed by atoms with van der Waals surface area (Å²) in [7, 11) is -9.35. The first-order valence-corrected chi connectivity index (χ1v) is 9.38. The smallest absolute Gasteiger partial charge is 0.242 e. The van der Waals surface area contributed by atoms with E-state index in [0.29, 0.717) is 6.07 Å². The summed E-state index contributed by atoms with van der Waals surface area (Å²) < 4.78 is 86.7. The van der Waals surface area contributed by atoms with E-state index in [-0.39, 0.29) is 5.69 Å². The predicted molar refractivity (Wildman–Crippen MR) is 91.7 cm³/mol. The third-order valence-electron chi connectivity index (χ3n) is 2.43. The minimum Gasteiger partial charge on any atom is -0.360 e. The maximum absolute atomic E-state index is 12.7. The summed E-state index contributed by atoms with van der Waals surface area (Å²) in [5, 5.41) is 6.97. The van der Waals surface area contributed by atoms with Crippen molar-refractivity contribution in [2.45, 2.75) is 16.7 Å². The number of halogens is 1. The molecule has 0 spiro atoms. The first-order valence-electron chi connectivity index (χ1n) is 8.47. The Labute approximate surface area is 152 Å². The van der Waals surface area contributed by atoms with Crippen molar-refractivity contribution < 1.29 is 28.5 Å². The van der Waals surface area contributed by atoms with Crippen molar-refractivity contribution in [2.75, 3.05) is 11.8 Å². The second-order valence-electron chi connectivity index (χ2n) is 4.27. The van der Waals surface area contributed by atoms with Gasteiger partial charge in [0.2, 0.25) is 20.0 Å². The lowest BCUT2D eigenvalue weighted by Gasteiger charge is -2.13. The molecule has 1 rings (SSSR count). The number of nitrogens with two attached hydrogens (primary N) is 1. The molecule has 0 saturated heterocycles. The van der Waals surface area contributed by atoms with E-state index in [2.05, 4.69) is 5.32 Å². The molecule has 0 aliphatic rings. The molecule has 0 aliphatic heterocycles. The molecule has 1 aromatic carbocycles. The van der Waals surface area contributed by atoms with E-state index in [1.54, 1.807) is 0 Å². The van der Waals surface area contributed by atoms with E-state index in [1.807, 2.05) is 0 Å². The standard InChI is InChI=1S/C13H16ClN3O5S2/c1-3-5-17-24(21,22)13-8-12(23(15,19)20)10(14)7-11(13)16-6-4-9(2)18/h3-4,6-8,16-17H,1,5H2,2H3,(H2,15,19,20)/i1D2,3D,5D2. The highest BCUT2D eigenvalue weighted by atomic mass is 35.5. The zero-order valence-electron chi connectivity index (χ0n) is 17.1. The highest BCUT2D eigenvalue weighted by Gasteiger charge is 2.24. The quantitative estimate of drug-likeness (QED) is 0.441. The van der Waals surface area contributed by atoms with Gasteiger partial charge in [0.1, 0.15) is 9.79 Å². The summed E-state index contributed by atoms with van der Waals surface area (Å²) in [5.74, 6) is -0.397. The number of sulfonamides is 2. The molecule has 4 N–H and O–H groups in total. The second kappa shape index (κ2) is 7.90. The molecule has 0 heterocycles. The zero-order valence-corrected chi connectivity index (χ0v) is 14.5. The van der Waals surface area contributed by atoms with E-state index in [9.17, 15) is 21.6 Å². The molecule has 1 aromatic rings. The van der Waals surface area contributed by atoms with Crippen LogP contribution in [0.1, 0.15) is 13.8 Å². The van der Waals surface area contributed by atoms with Crippen molar-refractivity contribution in [3.63, 3.8) is 0 Å². The molecule has 0 atom stereocenters. The number of hydrogen-bond donors (Lipinski definition) is 3. The predicted octanol–water partition coefficient (Wildman–Crippen LogP) is 0.966. The van der Waals surface area contributed by atoms with Crippen molar-refractivity contribution >= 4 is 43.1 Å². The van der Waals surface area contributed by atoms with E-state index in [4.69, 9.17) is 23.6 Å². The van der Waals surface area contributed by atoms with Crippen LogP contribution in [0.2, 0.25) is 5.02 Å². The summed E-state index contributed by atoms with van der Waals surface area (Å²) in [6.07, 6.45) is 2.07. The Morgan fingerprint density at radius 3 is 2.67 bits per heavy atom. The number of carbonyl (C=O) groups is 1. The number of hydrogen-bond acceptors (Lipinski definition) is 6. The van der Waals surface area contributed by atoms with Crippen LogP contribution in [0.3, 0.4) is 0 Å². The SMILES string of the molecule is [2H]C([2H])=C([2H])C([2H])([2H])NS(=O)(=O)c1cc(S(N)(=O)=O)c(Cl)cc1NC=CC(C)=O. The maximum atomic E-state index is 12.7. The van der Waals surface area contributed by atoms with Crippen LogP contribution in [0.25, 0.3) is 0 Å². The van der Waals surface area contributed by atoms with Crippen LogP contribution in [0, 0.1) is 0 Å². The molecule has 0 aromatic heterocycles. The Hall–Kier alpha value is -1.72. The topological polar surface area (TPSA) is 135 Å². The van der Waals surface area contributed by atoms with Gasteiger partial charge in [0.25, 0.3) is 0 Å². The molecule has 0 fully saturated rings.